The van der Waals surface area contributed by atoms with Gasteiger partial charge in [-0.1, -0.05) is 6.07 Å². The van der Waals surface area contributed by atoms with Crippen LogP contribution in [0.4, 0.5) is 5.69 Å². The average molecular weight is 349 g/mol. The van der Waals surface area contributed by atoms with E-state index in [1.54, 1.807) is 12.1 Å². The van der Waals surface area contributed by atoms with Crippen LogP contribution in [-0.4, -0.2) is 63.0 Å². The molecular weight excluding hydrogens is 330 g/mol. The molecule has 2 heterocycles. The van der Waals surface area contributed by atoms with Gasteiger partial charge in [0.2, 0.25) is 0 Å². The molecule has 2 aliphatic heterocycles. The van der Waals surface area contributed by atoms with E-state index in [0.29, 0.717) is 12.1 Å². The number of fused-ring (bicyclic) bond motifs is 1. The number of benzene rings is 1. The van der Waals surface area contributed by atoms with Crippen molar-refractivity contribution in [2.45, 2.75) is 37.8 Å². The van der Waals surface area contributed by atoms with E-state index in [0.717, 1.165) is 4.90 Å². The molecule has 3 unspecified atom stereocenters. The molecule has 5 N–H and O–H groups in total. The number of piperidine rings is 1. The van der Waals surface area contributed by atoms with Gasteiger partial charge in [0.1, 0.15) is 12.5 Å². The second-order valence-corrected chi connectivity index (χ2v) is 6.05. The van der Waals surface area contributed by atoms with Crippen molar-refractivity contribution in [2.75, 3.05) is 11.9 Å². The second kappa shape index (κ2) is 6.79. The molecule has 0 bridgehead atoms. The number of hydrogen-bond acceptors (Lipinski definition) is 7. The van der Waals surface area contributed by atoms with Crippen LogP contribution in [-0.2, 0) is 4.79 Å². The van der Waals surface area contributed by atoms with Gasteiger partial charge in [0.05, 0.1) is 23.6 Å². The molecule has 1 fully saturated rings. The summed E-state index contributed by atoms with van der Waals surface area (Å²) in [6.07, 6.45) is -1.64. The third-order valence-corrected chi connectivity index (χ3v) is 4.40. The molecule has 3 atom stereocenters. The Kier molecular flexibility index (Phi) is 4.71. The molecule has 0 radical (unpaired) electrons. The number of amides is 2. The number of imide groups is 1. The predicted octanol–water partition coefficient (Wildman–Crippen LogP) is -0.442. The summed E-state index contributed by atoms with van der Waals surface area (Å²) in [7, 11) is 0. The number of nitrogens with zero attached hydrogens (tertiary/aromatic N) is 1. The van der Waals surface area contributed by atoms with Crippen LogP contribution in [0.25, 0.3) is 0 Å². The van der Waals surface area contributed by atoms with Crippen LogP contribution >= 0.6 is 0 Å². The molecule has 25 heavy (non-hydrogen) atoms. The smallest absolute Gasteiger partial charge is 0.305 e. The second-order valence-electron chi connectivity index (χ2n) is 6.05. The van der Waals surface area contributed by atoms with Gasteiger partial charge >= 0.3 is 5.97 Å². The number of hydrogen-bond donors (Lipinski definition) is 5. The largest absolute Gasteiger partial charge is 0.481 e. The Morgan fingerprint density at radius 1 is 1.24 bits per heavy atom. The molecule has 9 heteroatoms. The van der Waals surface area contributed by atoms with Gasteiger partial charge in [-0.25, -0.2) is 0 Å². The monoisotopic (exact) mass is 349 g/mol. The highest BCUT2D eigenvalue weighted by atomic mass is 16.4. The molecule has 0 aliphatic carbocycles. The van der Waals surface area contributed by atoms with Crippen LogP contribution in [0, 0.1) is 0 Å². The highest BCUT2D eigenvalue weighted by Gasteiger charge is 2.45. The summed E-state index contributed by atoms with van der Waals surface area (Å²) >= 11 is 0. The maximum Gasteiger partial charge on any atom is 0.305 e. The average Bonchev–Trinajstić information content (AvgIpc) is 2.80. The van der Waals surface area contributed by atoms with Crippen molar-refractivity contribution < 1.29 is 29.7 Å². The Balaban J connectivity index is 1.85. The summed E-state index contributed by atoms with van der Waals surface area (Å²) in [5.41, 5.74) is 0.776. The van der Waals surface area contributed by atoms with E-state index in [4.69, 9.17) is 5.11 Å². The van der Waals surface area contributed by atoms with Crippen LogP contribution in [0.1, 0.15) is 40.0 Å². The summed E-state index contributed by atoms with van der Waals surface area (Å²) < 4.78 is 0. The van der Waals surface area contributed by atoms with Crippen molar-refractivity contribution in [1.82, 2.24) is 10.2 Å². The lowest BCUT2D eigenvalue weighted by Crippen LogP contribution is -2.58. The number of anilines is 1. The van der Waals surface area contributed by atoms with Crippen molar-refractivity contribution in [2.24, 2.45) is 0 Å². The molecule has 2 amide bonds. The first-order valence-corrected chi connectivity index (χ1v) is 7.99. The molecular formula is C16H19N3O6. The minimum Gasteiger partial charge on any atom is -0.481 e. The molecule has 134 valence electrons. The minimum atomic E-state index is -1.21. The molecule has 3 rings (SSSR count). The van der Waals surface area contributed by atoms with Crippen molar-refractivity contribution >= 4 is 23.5 Å². The molecule has 1 saturated heterocycles. The number of nitrogens with one attached hydrogen (secondary N) is 2. The maximum atomic E-state index is 12.8. The number of rotatable bonds is 5. The summed E-state index contributed by atoms with van der Waals surface area (Å²) in [4.78, 5) is 37.1. The van der Waals surface area contributed by atoms with E-state index in [-0.39, 0.29) is 30.5 Å². The molecule has 0 saturated carbocycles. The van der Waals surface area contributed by atoms with E-state index in [9.17, 15) is 24.6 Å². The van der Waals surface area contributed by atoms with Gasteiger partial charge in [0.25, 0.3) is 11.8 Å². The number of aliphatic carboxylic acids is 1. The van der Waals surface area contributed by atoms with Gasteiger partial charge in [0, 0.05) is 12.2 Å². The van der Waals surface area contributed by atoms with Crippen molar-refractivity contribution in [1.29, 1.82) is 0 Å². The topological polar surface area (TPSA) is 139 Å². The quantitative estimate of drug-likeness (QED) is 0.451. The highest BCUT2D eigenvalue weighted by Crippen LogP contribution is 2.33. The predicted molar refractivity (Wildman–Crippen MR) is 85.9 cm³/mol. The highest BCUT2D eigenvalue weighted by molar-refractivity contribution is 6.24. The zero-order valence-electron chi connectivity index (χ0n) is 13.3. The van der Waals surface area contributed by atoms with Crippen LogP contribution < -0.4 is 10.6 Å². The van der Waals surface area contributed by atoms with Crippen LogP contribution in [0.15, 0.2) is 18.2 Å². The standard InChI is InChI=1S/C16H19N3O6/c20-11-5-4-10(14(23)18-11)19-15(24)8-2-1-3-9(13(8)16(19)25)17-7-6-12(21)22/h1-3,10-11,14,17-18,20,23H,4-7H2,(H,21,22). The number of carboxylic acid groups (broad SMARTS) is 1. The molecule has 0 spiro atoms. The SMILES string of the molecule is O=C(O)CCNc1cccc2c1C(=O)N(C1CCC(O)NC1O)C2=O. The van der Waals surface area contributed by atoms with E-state index in [1.807, 2.05) is 0 Å². The van der Waals surface area contributed by atoms with Crippen molar-refractivity contribution in [3.63, 3.8) is 0 Å². The Hall–Kier alpha value is -2.49. The lowest BCUT2D eigenvalue weighted by molar-refractivity contribution is -0.136. The number of carbonyl (C=O) groups is 3. The van der Waals surface area contributed by atoms with Gasteiger partial charge in [-0.15, -0.1) is 0 Å². The number of aliphatic hydroxyl groups excluding tert-OH is 2. The number of aliphatic hydroxyl groups is 2. The van der Waals surface area contributed by atoms with Gasteiger partial charge < -0.3 is 20.6 Å². The third-order valence-electron chi connectivity index (χ3n) is 4.40. The normalized spacial score (nSPS) is 25.8. The van der Waals surface area contributed by atoms with Crippen molar-refractivity contribution in [3.8, 4) is 0 Å². The first-order valence-electron chi connectivity index (χ1n) is 7.99. The molecule has 0 aromatic heterocycles. The van der Waals surface area contributed by atoms with Crippen molar-refractivity contribution in [3.05, 3.63) is 29.3 Å². The minimum absolute atomic E-state index is 0.118. The summed E-state index contributed by atoms with van der Waals surface area (Å²) in [6.45, 7) is 0.118. The lowest BCUT2D eigenvalue weighted by atomic mass is 10.0. The van der Waals surface area contributed by atoms with E-state index in [2.05, 4.69) is 10.6 Å². The van der Waals surface area contributed by atoms with Gasteiger partial charge in [0.15, 0.2) is 0 Å². The number of carbonyl (C=O) groups excluding carboxylic acids is 2. The summed E-state index contributed by atoms with van der Waals surface area (Å²) in [5, 5.41) is 33.7. The molecule has 1 aromatic carbocycles. The summed E-state index contributed by atoms with van der Waals surface area (Å²) in [5.74, 6) is -2.02. The lowest BCUT2D eigenvalue weighted by Gasteiger charge is -2.36. The zero-order chi connectivity index (χ0) is 18.1. The van der Waals surface area contributed by atoms with E-state index < -0.39 is 36.3 Å². The Morgan fingerprint density at radius 2 is 2.00 bits per heavy atom. The fraction of sp³-hybridized carbons (Fsp3) is 0.438. The third kappa shape index (κ3) is 3.21. The van der Waals surface area contributed by atoms with Gasteiger partial charge in [-0.3, -0.25) is 24.6 Å². The first-order chi connectivity index (χ1) is 11.9. The van der Waals surface area contributed by atoms with Crippen LogP contribution in [0.3, 0.4) is 0 Å². The Labute approximate surface area is 143 Å². The Bertz CT molecular complexity index is 722. The van der Waals surface area contributed by atoms with Crippen LogP contribution in [0.2, 0.25) is 0 Å². The molecule has 1 aromatic rings. The maximum absolute atomic E-state index is 12.8. The fourth-order valence-corrected chi connectivity index (χ4v) is 3.20. The Morgan fingerprint density at radius 3 is 2.68 bits per heavy atom. The van der Waals surface area contributed by atoms with E-state index in [1.165, 1.54) is 6.07 Å². The van der Waals surface area contributed by atoms with E-state index >= 15 is 0 Å². The van der Waals surface area contributed by atoms with Gasteiger partial charge in [-0.2, -0.15) is 0 Å². The zero-order valence-corrected chi connectivity index (χ0v) is 13.3. The summed E-state index contributed by atoms with van der Waals surface area (Å²) in [6, 6.07) is 3.96. The number of carboxylic acids is 1. The fourth-order valence-electron chi connectivity index (χ4n) is 3.20. The first kappa shape index (κ1) is 17.3. The molecule has 2 aliphatic rings. The molecule has 9 nitrogen and oxygen atoms in total. The van der Waals surface area contributed by atoms with Crippen LogP contribution in [0.5, 0.6) is 0 Å². The van der Waals surface area contributed by atoms with Gasteiger partial charge in [-0.05, 0) is 25.0 Å².